The fraction of sp³-hybridized carbons (Fsp3) is 0.280. The number of hydrogen-bond acceptors (Lipinski definition) is 7. The summed E-state index contributed by atoms with van der Waals surface area (Å²) in [6.45, 7) is 1.39. The molecule has 1 saturated heterocycles. The van der Waals surface area contributed by atoms with Crippen molar-refractivity contribution in [1.29, 1.82) is 0 Å². The van der Waals surface area contributed by atoms with Crippen molar-refractivity contribution in [2.45, 2.75) is 18.9 Å². The molecule has 1 unspecified atom stereocenters. The van der Waals surface area contributed by atoms with Crippen LogP contribution in [0.4, 0.5) is 25.8 Å². The summed E-state index contributed by atoms with van der Waals surface area (Å²) in [6, 6.07) is 6.22. The number of carbonyl (C=O) groups is 2. The third-order valence-corrected chi connectivity index (χ3v) is 5.94. The molecule has 1 fully saturated rings. The monoisotopic (exact) mass is 495 g/mol. The van der Waals surface area contributed by atoms with Crippen molar-refractivity contribution in [2.75, 3.05) is 43.1 Å². The maximum Gasteiger partial charge on any atom is 0.276 e. The molecule has 3 aromatic rings. The maximum absolute atomic E-state index is 14.9. The fourth-order valence-corrected chi connectivity index (χ4v) is 4.14. The molecule has 3 heterocycles. The Morgan fingerprint density at radius 1 is 1.17 bits per heavy atom. The van der Waals surface area contributed by atoms with Gasteiger partial charge >= 0.3 is 0 Å². The summed E-state index contributed by atoms with van der Waals surface area (Å²) in [5.74, 6) is -2.84. The molecule has 5 N–H and O–H groups in total. The molecule has 4 rings (SSSR count). The predicted molar refractivity (Wildman–Crippen MR) is 134 cm³/mol. The number of nitrogens with one attached hydrogen (secondary N) is 1. The van der Waals surface area contributed by atoms with E-state index in [0.717, 1.165) is 37.2 Å². The van der Waals surface area contributed by atoms with Crippen molar-refractivity contribution in [3.63, 3.8) is 0 Å². The molecular weight excluding hydrogens is 468 g/mol. The zero-order valence-corrected chi connectivity index (χ0v) is 20.0. The molecule has 188 valence electrons. The van der Waals surface area contributed by atoms with Crippen LogP contribution in [-0.2, 0) is 0 Å². The van der Waals surface area contributed by atoms with E-state index in [1.807, 2.05) is 0 Å². The van der Waals surface area contributed by atoms with E-state index in [9.17, 15) is 18.4 Å². The molecule has 2 amide bonds. The molecule has 1 aliphatic rings. The van der Waals surface area contributed by atoms with Gasteiger partial charge in [-0.1, -0.05) is 0 Å². The second-order valence-electron chi connectivity index (χ2n) is 8.85. The zero-order valence-electron chi connectivity index (χ0n) is 20.0. The van der Waals surface area contributed by atoms with Gasteiger partial charge in [-0.05, 0) is 37.1 Å². The lowest BCUT2D eigenvalue weighted by atomic mass is 10.0. The van der Waals surface area contributed by atoms with Crippen LogP contribution < -0.4 is 21.7 Å². The number of benzene rings is 1. The summed E-state index contributed by atoms with van der Waals surface area (Å²) in [6.07, 6.45) is 4.93. The van der Waals surface area contributed by atoms with E-state index >= 15 is 0 Å². The van der Waals surface area contributed by atoms with Crippen LogP contribution in [-0.4, -0.2) is 59.9 Å². The lowest BCUT2D eigenvalue weighted by molar-refractivity contribution is 0.0827. The fourth-order valence-electron chi connectivity index (χ4n) is 4.14. The third-order valence-electron chi connectivity index (χ3n) is 5.94. The maximum atomic E-state index is 14.9. The third kappa shape index (κ3) is 5.10. The van der Waals surface area contributed by atoms with Gasteiger partial charge in [0, 0.05) is 56.6 Å². The number of aromatic nitrogens is 2. The molecule has 11 heteroatoms. The van der Waals surface area contributed by atoms with Crippen LogP contribution in [0.15, 0.2) is 42.7 Å². The Morgan fingerprint density at radius 3 is 2.67 bits per heavy atom. The standard InChI is InChI=1S/C25H27F2N7O2/c1-33(2)25(36)14-5-6-17(26)16(10-14)22-18(27)11-19(29)23(32-22)24(35)31-20-12-30-8-7-21(20)34-9-3-4-15(28)13-34/h5-8,10-12,15H,3-4,9,13,28-29H2,1-2H3,(H,31,35). The first-order valence-electron chi connectivity index (χ1n) is 11.4. The van der Waals surface area contributed by atoms with Crippen molar-refractivity contribution < 1.29 is 18.4 Å². The van der Waals surface area contributed by atoms with Gasteiger partial charge < -0.3 is 26.6 Å². The van der Waals surface area contributed by atoms with Crippen LogP contribution in [0.5, 0.6) is 0 Å². The summed E-state index contributed by atoms with van der Waals surface area (Å²) in [5.41, 5.74) is 12.1. The van der Waals surface area contributed by atoms with Gasteiger partial charge in [0.25, 0.3) is 11.8 Å². The molecule has 0 radical (unpaired) electrons. The lowest BCUT2D eigenvalue weighted by Crippen LogP contribution is -2.43. The molecule has 9 nitrogen and oxygen atoms in total. The average molecular weight is 496 g/mol. The summed E-state index contributed by atoms with van der Waals surface area (Å²) >= 11 is 0. The highest BCUT2D eigenvalue weighted by atomic mass is 19.1. The highest BCUT2D eigenvalue weighted by Gasteiger charge is 2.24. The van der Waals surface area contributed by atoms with E-state index in [0.29, 0.717) is 12.2 Å². The topological polar surface area (TPSA) is 130 Å². The lowest BCUT2D eigenvalue weighted by Gasteiger charge is -2.33. The van der Waals surface area contributed by atoms with Crippen molar-refractivity contribution >= 4 is 28.9 Å². The number of amides is 2. The Labute approximate surface area is 207 Å². The quantitative estimate of drug-likeness (QED) is 0.496. The van der Waals surface area contributed by atoms with Crippen LogP contribution >= 0.6 is 0 Å². The second kappa shape index (κ2) is 10.2. The minimum Gasteiger partial charge on any atom is -0.397 e. The molecule has 1 aliphatic heterocycles. The summed E-state index contributed by atoms with van der Waals surface area (Å²) in [4.78, 5) is 37.0. The molecule has 0 saturated carbocycles. The number of anilines is 3. The number of nitrogens with zero attached hydrogens (tertiary/aromatic N) is 4. The van der Waals surface area contributed by atoms with Gasteiger partial charge in [0.1, 0.15) is 11.5 Å². The number of halogens is 2. The predicted octanol–water partition coefficient (Wildman–Crippen LogP) is 2.89. The van der Waals surface area contributed by atoms with Crippen LogP contribution in [0.25, 0.3) is 11.3 Å². The Kier molecular flexibility index (Phi) is 7.11. The van der Waals surface area contributed by atoms with E-state index in [-0.39, 0.29) is 28.6 Å². The molecular formula is C25H27F2N7O2. The Hall–Kier alpha value is -4.12. The number of nitrogen functional groups attached to an aromatic ring is 1. The Bertz CT molecular complexity index is 1320. The van der Waals surface area contributed by atoms with Crippen molar-refractivity contribution in [1.82, 2.24) is 14.9 Å². The number of hydrogen-bond donors (Lipinski definition) is 3. The Balaban J connectivity index is 1.69. The van der Waals surface area contributed by atoms with Crippen molar-refractivity contribution in [2.24, 2.45) is 5.73 Å². The first-order valence-corrected chi connectivity index (χ1v) is 11.4. The molecule has 0 spiro atoms. The highest BCUT2D eigenvalue weighted by Crippen LogP contribution is 2.30. The van der Waals surface area contributed by atoms with Crippen molar-refractivity contribution in [3.05, 3.63) is 65.6 Å². The average Bonchev–Trinajstić information content (AvgIpc) is 2.84. The van der Waals surface area contributed by atoms with Gasteiger partial charge in [-0.15, -0.1) is 0 Å². The number of nitrogens with two attached hydrogens (primary N) is 2. The molecule has 1 aromatic carbocycles. The van der Waals surface area contributed by atoms with E-state index in [2.05, 4.69) is 20.2 Å². The van der Waals surface area contributed by atoms with Gasteiger partial charge in [-0.25, -0.2) is 13.8 Å². The Morgan fingerprint density at radius 2 is 1.94 bits per heavy atom. The van der Waals surface area contributed by atoms with E-state index < -0.39 is 29.1 Å². The molecule has 1 atom stereocenters. The molecule has 2 aromatic heterocycles. The normalized spacial score (nSPS) is 15.5. The first kappa shape index (κ1) is 25.0. The highest BCUT2D eigenvalue weighted by molar-refractivity contribution is 6.08. The number of pyridine rings is 2. The SMILES string of the molecule is CN(C)C(=O)c1ccc(F)c(-c2nc(C(=O)Nc3cnccc3N3CCCC(N)C3)c(N)cc2F)c1. The van der Waals surface area contributed by atoms with Crippen LogP contribution in [0.3, 0.4) is 0 Å². The van der Waals surface area contributed by atoms with Crippen molar-refractivity contribution in [3.8, 4) is 11.3 Å². The second-order valence-corrected chi connectivity index (χ2v) is 8.85. The minimum absolute atomic E-state index is 0.0115. The number of rotatable bonds is 5. The largest absolute Gasteiger partial charge is 0.397 e. The van der Waals surface area contributed by atoms with Crippen LogP contribution in [0.1, 0.15) is 33.7 Å². The molecule has 0 bridgehead atoms. The molecule has 36 heavy (non-hydrogen) atoms. The minimum atomic E-state index is -0.929. The van der Waals surface area contributed by atoms with E-state index in [4.69, 9.17) is 11.5 Å². The van der Waals surface area contributed by atoms with E-state index in [1.54, 1.807) is 26.4 Å². The first-order chi connectivity index (χ1) is 17.2. The van der Waals surface area contributed by atoms with Gasteiger partial charge in [0.2, 0.25) is 0 Å². The molecule has 0 aliphatic carbocycles. The van der Waals surface area contributed by atoms with Gasteiger partial charge in [0.15, 0.2) is 11.5 Å². The number of carbonyl (C=O) groups excluding carboxylic acids is 2. The summed E-state index contributed by atoms with van der Waals surface area (Å²) in [7, 11) is 3.08. The summed E-state index contributed by atoms with van der Waals surface area (Å²) < 4.78 is 29.5. The van der Waals surface area contributed by atoms with Crippen LogP contribution in [0, 0.1) is 11.6 Å². The smallest absolute Gasteiger partial charge is 0.276 e. The van der Waals surface area contributed by atoms with Gasteiger partial charge in [0.05, 0.1) is 23.3 Å². The summed E-state index contributed by atoms with van der Waals surface area (Å²) in [5, 5.41) is 2.73. The zero-order chi connectivity index (χ0) is 26.0. The van der Waals surface area contributed by atoms with Gasteiger partial charge in [-0.2, -0.15) is 0 Å². The van der Waals surface area contributed by atoms with Crippen LogP contribution in [0.2, 0.25) is 0 Å². The van der Waals surface area contributed by atoms with Gasteiger partial charge in [-0.3, -0.25) is 14.6 Å². The number of piperidine rings is 1. The van der Waals surface area contributed by atoms with E-state index in [1.165, 1.54) is 23.2 Å².